The number of rotatable bonds is 12. The van der Waals surface area contributed by atoms with Crippen LogP contribution in [0.3, 0.4) is 0 Å². The van der Waals surface area contributed by atoms with Crippen LogP contribution in [0.4, 0.5) is 17.1 Å². The molecule has 0 bridgehead atoms. The lowest BCUT2D eigenvalue weighted by atomic mass is 10.1. The smallest absolute Gasteiger partial charge is 0.246 e. The summed E-state index contributed by atoms with van der Waals surface area (Å²) in [4.78, 5) is 76.1. The Morgan fingerprint density at radius 1 is 0.630 bits per heavy atom. The highest BCUT2D eigenvalue weighted by Gasteiger charge is 2.24. The molecule has 6 amide bonds. The van der Waals surface area contributed by atoms with Crippen LogP contribution in [-0.4, -0.2) is 61.1 Å². The summed E-state index contributed by atoms with van der Waals surface area (Å²) in [6.45, 7) is 2.22. The minimum absolute atomic E-state index is 0.0905. The monoisotopic (exact) mass is 624 g/mol. The first-order valence-electron chi connectivity index (χ1n) is 14.8. The maximum atomic E-state index is 13.3. The molecule has 1 atom stereocenters. The summed E-state index contributed by atoms with van der Waals surface area (Å²) in [6.07, 6.45) is 3.65. The second-order valence-electron chi connectivity index (χ2n) is 10.7. The Morgan fingerprint density at radius 2 is 1.13 bits per heavy atom. The molecule has 0 saturated carbocycles. The zero-order valence-corrected chi connectivity index (χ0v) is 25.6. The number of benzene rings is 3. The van der Waals surface area contributed by atoms with Crippen molar-refractivity contribution in [3.05, 3.63) is 89.5 Å². The maximum absolute atomic E-state index is 13.3. The van der Waals surface area contributed by atoms with E-state index in [0.717, 1.165) is 16.7 Å². The number of carbonyl (C=O) groups is 6. The van der Waals surface area contributed by atoms with Crippen LogP contribution < -0.4 is 31.5 Å². The average Bonchev–Trinajstić information content (AvgIpc) is 3.22. The quantitative estimate of drug-likeness (QED) is 0.208. The molecule has 0 aromatic heterocycles. The van der Waals surface area contributed by atoms with Gasteiger partial charge in [0.15, 0.2) is 0 Å². The highest BCUT2D eigenvalue weighted by atomic mass is 16.2. The van der Waals surface area contributed by atoms with E-state index >= 15 is 0 Å². The first-order chi connectivity index (χ1) is 22.1. The van der Waals surface area contributed by atoms with Gasteiger partial charge >= 0.3 is 0 Å². The Kier molecular flexibility index (Phi) is 11.4. The van der Waals surface area contributed by atoms with E-state index in [4.69, 9.17) is 0 Å². The van der Waals surface area contributed by atoms with Gasteiger partial charge in [-0.05, 0) is 49.2 Å². The van der Waals surface area contributed by atoms with Gasteiger partial charge in [0, 0.05) is 18.5 Å². The highest BCUT2D eigenvalue weighted by molar-refractivity contribution is 6.07. The van der Waals surface area contributed by atoms with Gasteiger partial charge in [-0.3, -0.25) is 33.7 Å². The number of hydrogen-bond donors (Lipinski definition) is 5. The van der Waals surface area contributed by atoms with Gasteiger partial charge in [0.2, 0.25) is 35.4 Å². The maximum Gasteiger partial charge on any atom is 0.246 e. The van der Waals surface area contributed by atoms with Crippen LogP contribution in [0, 0.1) is 6.92 Å². The van der Waals surface area contributed by atoms with E-state index < -0.39 is 55.2 Å². The van der Waals surface area contributed by atoms with Crippen molar-refractivity contribution in [1.29, 1.82) is 0 Å². The number of carbonyl (C=O) groups excluding carboxylic acids is 6. The van der Waals surface area contributed by atoms with Crippen LogP contribution in [0.25, 0.3) is 12.2 Å². The molecule has 12 heteroatoms. The minimum atomic E-state index is -0.850. The third-order valence-electron chi connectivity index (χ3n) is 7.04. The minimum Gasteiger partial charge on any atom is -0.347 e. The number of para-hydroxylation sites is 2. The fraction of sp³-hybridized carbons (Fsp3) is 0.235. The summed E-state index contributed by atoms with van der Waals surface area (Å²) in [6, 6.07) is 21.3. The third-order valence-corrected chi connectivity index (χ3v) is 7.04. The van der Waals surface area contributed by atoms with Crippen LogP contribution in [0.5, 0.6) is 0 Å². The molecule has 4 rings (SSSR count). The van der Waals surface area contributed by atoms with Crippen LogP contribution in [0.2, 0.25) is 0 Å². The standard InChI is InChI=1S/C34H36N6O6/c1-22-11-15-26(16-12-22)39-34(46)23(2)38-32(44)21-37-31(43)20-36-30(42)19-35-29(41)17-18-33(45)40-27-9-5-3-7-24(27)13-14-25-8-4-6-10-28(25)40/h3-16,23H,17-21H2,1-2H3,(H,35,41)(H,36,42)(H,37,43)(H,38,44)(H,39,46)/t23-/m0/s1. The Bertz CT molecular complexity index is 1600. The Balaban J connectivity index is 1.14. The van der Waals surface area contributed by atoms with E-state index in [1.54, 1.807) is 17.0 Å². The van der Waals surface area contributed by atoms with Gasteiger partial charge in [-0.1, -0.05) is 66.2 Å². The summed E-state index contributed by atoms with van der Waals surface area (Å²) >= 11 is 0. The van der Waals surface area contributed by atoms with E-state index in [9.17, 15) is 28.8 Å². The topological polar surface area (TPSA) is 166 Å². The van der Waals surface area contributed by atoms with Gasteiger partial charge in [0.25, 0.3) is 0 Å². The van der Waals surface area contributed by atoms with Crippen molar-refractivity contribution >= 4 is 64.7 Å². The van der Waals surface area contributed by atoms with Gasteiger partial charge in [0.1, 0.15) is 6.04 Å². The average molecular weight is 625 g/mol. The first kappa shape index (κ1) is 33.1. The van der Waals surface area contributed by atoms with Crippen molar-refractivity contribution in [3.63, 3.8) is 0 Å². The molecule has 0 fully saturated rings. The van der Waals surface area contributed by atoms with Crippen LogP contribution in [0.1, 0.15) is 36.5 Å². The molecule has 0 spiro atoms. The molecule has 12 nitrogen and oxygen atoms in total. The molecule has 1 aliphatic rings. The van der Waals surface area contributed by atoms with Crippen molar-refractivity contribution in [3.8, 4) is 0 Å². The lowest BCUT2D eigenvalue weighted by Crippen LogP contribution is -2.47. The van der Waals surface area contributed by atoms with Crippen molar-refractivity contribution in [1.82, 2.24) is 21.3 Å². The Labute approximate surface area is 266 Å². The number of aryl methyl sites for hydroxylation is 1. The number of fused-ring (bicyclic) bond motifs is 2. The molecule has 0 radical (unpaired) electrons. The highest BCUT2D eigenvalue weighted by Crippen LogP contribution is 2.36. The summed E-state index contributed by atoms with van der Waals surface area (Å²) in [5.41, 5.74) is 4.79. The van der Waals surface area contributed by atoms with Crippen molar-refractivity contribution in [2.75, 3.05) is 29.9 Å². The van der Waals surface area contributed by atoms with Gasteiger partial charge in [-0.15, -0.1) is 0 Å². The van der Waals surface area contributed by atoms with Gasteiger partial charge in [-0.2, -0.15) is 0 Å². The molecule has 46 heavy (non-hydrogen) atoms. The number of anilines is 3. The molecule has 1 aliphatic heterocycles. The van der Waals surface area contributed by atoms with E-state index in [-0.39, 0.29) is 18.7 Å². The van der Waals surface area contributed by atoms with Gasteiger partial charge < -0.3 is 26.6 Å². The number of amides is 6. The molecule has 0 aliphatic carbocycles. The summed E-state index contributed by atoms with van der Waals surface area (Å²) in [5, 5.41) is 12.3. The normalized spacial score (nSPS) is 12.0. The first-order valence-corrected chi connectivity index (χ1v) is 14.8. The molecule has 0 saturated heterocycles. The van der Waals surface area contributed by atoms with E-state index in [0.29, 0.717) is 17.1 Å². The van der Waals surface area contributed by atoms with E-state index in [1.807, 2.05) is 79.7 Å². The van der Waals surface area contributed by atoms with Crippen molar-refractivity contribution in [2.45, 2.75) is 32.7 Å². The molecular weight excluding hydrogens is 588 g/mol. The molecular formula is C34H36N6O6. The zero-order chi connectivity index (χ0) is 33.1. The lowest BCUT2D eigenvalue weighted by Gasteiger charge is -2.25. The number of hydrogen-bond acceptors (Lipinski definition) is 6. The van der Waals surface area contributed by atoms with Gasteiger partial charge in [0.05, 0.1) is 31.0 Å². The molecule has 238 valence electrons. The molecule has 0 unspecified atom stereocenters. The zero-order valence-electron chi connectivity index (χ0n) is 25.6. The predicted molar refractivity (Wildman–Crippen MR) is 175 cm³/mol. The SMILES string of the molecule is Cc1ccc(NC(=O)[C@H](C)NC(=O)CNC(=O)CNC(=O)CNC(=O)CCC(=O)N2c3ccccc3C=Cc3ccccc32)cc1. The fourth-order valence-corrected chi connectivity index (χ4v) is 4.57. The van der Waals surface area contributed by atoms with Crippen molar-refractivity contribution < 1.29 is 28.8 Å². The second kappa shape index (κ2) is 15.8. The molecule has 5 N–H and O–H groups in total. The fourth-order valence-electron chi connectivity index (χ4n) is 4.57. The van der Waals surface area contributed by atoms with Crippen LogP contribution >= 0.6 is 0 Å². The van der Waals surface area contributed by atoms with Gasteiger partial charge in [-0.25, -0.2) is 0 Å². The number of nitrogens with one attached hydrogen (secondary N) is 5. The second-order valence-corrected chi connectivity index (χ2v) is 10.7. The van der Waals surface area contributed by atoms with E-state index in [1.165, 1.54) is 6.92 Å². The van der Waals surface area contributed by atoms with Crippen LogP contribution in [-0.2, 0) is 28.8 Å². The Morgan fingerprint density at radius 3 is 1.70 bits per heavy atom. The largest absolute Gasteiger partial charge is 0.347 e. The summed E-state index contributed by atoms with van der Waals surface area (Å²) in [7, 11) is 0. The molecule has 3 aromatic rings. The summed E-state index contributed by atoms with van der Waals surface area (Å²) in [5.74, 6) is -3.04. The summed E-state index contributed by atoms with van der Waals surface area (Å²) < 4.78 is 0. The Hall–Kier alpha value is -5.78. The van der Waals surface area contributed by atoms with Crippen molar-refractivity contribution in [2.24, 2.45) is 0 Å². The van der Waals surface area contributed by atoms with Crippen LogP contribution in [0.15, 0.2) is 72.8 Å². The lowest BCUT2D eigenvalue weighted by molar-refractivity contribution is -0.129. The third kappa shape index (κ3) is 9.36. The molecule has 3 aromatic carbocycles. The molecule has 1 heterocycles. The van der Waals surface area contributed by atoms with E-state index in [2.05, 4.69) is 26.6 Å². The predicted octanol–water partition coefficient (Wildman–Crippen LogP) is 2.42. The number of nitrogens with zero attached hydrogens (tertiary/aromatic N) is 1.